The first-order valence-corrected chi connectivity index (χ1v) is 8.87. The first-order valence-electron chi connectivity index (χ1n) is 8.87. The smallest absolute Gasteiger partial charge is 0.272 e. The molecule has 7 heteroatoms. The molecule has 2 aliphatic heterocycles. The van der Waals surface area contributed by atoms with Crippen LogP contribution >= 0.6 is 0 Å². The minimum Gasteiger partial charge on any atom is -0.353 e. The zero-order valence-electron chi connectivity index (χ0n) is 14.5. The summed E-state index contributed by atoms with van der Waals surface area (Å²) in [5.41, 5.74) is 2.94. The van der Waals surface area contributed by atoms with E-state index in [2.05, 4.69) is 27.0 Å². The summed E-state index contributed by atoms with van der Waals surface area (Å²) in [6.45, 7) is 4.07. The predicted octanol–water partition coefficient (Wildman–Crippen LogP) is 0.953. The second-order valence-corrected chi connectivity index (χ2v) is 6.64. The van der Waals surface area contributed by atoms with Crippen LogP contribution in [0.25, 0.3) is 0 Å². The Bertz CT molecular complexity index is 817. The third-order valence-electron chi connectivity index (χ3n) is 5.08. The molecule has 3 heterocycles. The SMILES string of the molecule is O=CN1CCN(c2cc(C(=O)N3CCc4ccccc4C3)ncn2)CC1. The lowest BCUT2D eigenvalue weighted by molar-refractivity contribution is -0.118. The average molecular weight is 351 g/mol. The summed E-state index contributed by atoms with van der Waals surface area (Å²) in [6, 6.07) is 10.0. The van der Waals surface area contributed by atoms with Crippen molar-refractivity contribution in [3.05, 3.63) is 53.5 Å². The van der Waals surface area contributed by atoms with Gasteiger partial charge in [-0.1, -0.05) is 24.3 Å². The van der Waals surface area contributed by atoms with E-state index in [1.807, 2.05) is 17.0 Å². The van der Waals surface area contributed by atoms with Gasteiger partial charge in [-0.15, -0.1) is 0 Å². The van der Waals surface area contributed by atoms with Gasteiger partial charge in [-0.05, 0) is 17.5 Å². The highest BCUT2D eigenvalue weighted by atomic mass is 16.2. The standard InChI is InChI=1S/C19H21N5O2/c25-14-22-7-9-23(10-8-22)18-11-17(20-13-21-18)19(26)24-6-5-15-3-1-2-4-16(15)12-24/h1-4,11,13-14H,5-10,12H2. The number of hydrogen-bond acceptors (Lipinski definition) is 5. The largest absolute Gasteiger partial charge is 0.353 e. The van der Waals surface area contributed by atoms with Crippen LogP contribution in [0.4, 0.5) is 5.82 Å². The number of rotatable bonds is 3. The van der Waals surface area contributed by atoms with Gasteiger partial charge in [0.05, 0.1) is 0 Å². The first-order chi connectivity index (χ1) is 12.7. The Morgan fingerprint density at radius 3 is 2.54 bits per heavy atom. The van der Waals surface area contributed by atoms with Gasteiger partial charge >= 0.3 is 0 Å². The Hall–Kier alpha value is -2.96. The molecule has 0 N–H and O–H groups in total. The van der Waals surface area contributed by atoms with Crippen LogP contribution in [0.1, 0.15) is 21.6 Å². The normalized spacial score (nSPS) is 17.0. The van der Waals surface area contributed by atoms with Crippen molar-refractivity contribution in [1.82, 2.24) is 19.8 Å². The summed E-state index contributed by atoms with van der Waals surface area (Å²) in [7, 11) is 0. The quantitative estimate of drug-likeness (QED) is 0.770. The second-order valence-electron chi connectivity index (χ2n) is 6.64. The maximum absolute atomic E-state index is 12.9. The molecule has 0 bridgehead atoms. The van der Waals surface area contributed by atoms with E-state index >= 15 is 0 Å². The van der Waals surface area contributed by atoms with E-state index in [1.165, 1.54) is 17.5 Å². The molecule has 1 fully saturated rings. The molecule has 4 rings (SSSR count). The fourth-order valence-electron chi connectivity index (χ4n) is 3.52. The lowest BCUT2D eigenvalue weighted by Gasteiger charge is -2.33. The number of hydrogen-bond donors (Lipinski definition) is 0. The number of carbonyl (C=O) groups excluding carboxylic acids is 2. The molecule has 0 unspecified atom stereocenters. The molecule has 2 aromatic rings. The number of carbonyl (C=O) groups is 2. The fourth-order valence-corrected chi connectivity index (χ4v) is 3.52. The molecule has 1 aromatic heterocycles. The van der Waals surface area contributed by atoms with Gasteiger partial charge in [0.25, 0.3) is 5.91 Å². The van der Waals surface area contributed by atoms with Gasteiger partial charge in [0.2, 0.25) is 6.41 Å². The summed E-state index contributed by atoms with van der Waals surface area (Å²) < 4.78 is 0. The van der Waals surface area contributed by atoms with E-state index in [0.717, 1.165) is 18.6 Å². The number of benzene rings is 1. The number of aromatic nitrogens is 2. The minimum absolute atomic E-state index is 0.0605. The Morgan fingerprint density at radius 2 is 1.77 bits per heavy atom. The van der Waals surface area contributed by atoms with Crippen LogP contribution in [-0.4, -0.2) is 64.8 Å². The summed E-state index contributed by atoms with van der Waals surface area (Å²) >= 11 is 0. The third-order valence-corrected chi connectivity index (χ3v) is 5.08. The van der Waals surface area contributed by atoms with E-state index in [-0.39, 0.29) is 5.91 Å². The van der Waals surface area contributed by atoms with Crippen LogP contribution in [0, 0.1) is 0 Å². The molecule has 1 saturated heterocycles. The molecule has 0 saturated carbocycles. The monoisotopic (exact) mass is 351 g/mol. The van der Waals surface area contributed by atoms with E-state index in [1.54, 1.807) is 11.0 Å². The second kappa shape index (κ2) is 7.11. The van der Waals surface area contributed by atoms with Crippen molar-refractivity contribution in [2.24, 2.45) is 0 Å². The van der Waals surface area contributed by atoms with Crippen LogP contribution in [0.15, 0.2) is 36.7 Å². The molecular weight excluding hydrogens is 330 g/mol. The molecule has 0 spiro atoms. The Labute approximate surface area is 152 Å². The van der Waals surface area contributed by atoms with Gasteiger partial charge in [-0.2, -0.15) is 0 Å². The van der Waals surface area contributed by atoms with Crippen molar-refractivity contribution in [3.8, 4) is 0 Å². The summed E-state index contributed by atoms with van der Waals surface area (Å²) in [4.78, 5) is 37.9. The van der Waals surface area contributed by atoms with Gasteiger partial charge in [0.1, 0.15) is 17.8 Å². The highest BCUT2D eigenvalue weighted by molar-refractivity contribution is 5.93. The molecule has 134 valence electrons. The lowest BCUT2D eigenvalue weighted by atomic mass is 10.00. The van der Waals surface area contributed by atoms with Crippen LogP contribution in [0.5, 0.6) is 0 Å². The average Bonchev–Trinajstić information content (AvgIpc) is 2.73. The Morgan fingerprint density at radius 1 is 1.00 bits per heavy atom. The number of nitrogens with zero attached hydrogens (tertiary/aromatic N) is 5. The van der Waals surface area contributed by atoms with Crippen LogP contribution < -0.4 is 4.90 Å². The maximum atomic E-state index is 12.9. The number of amides is 2. The Balaban J connectivity index is 1.48. The fraction of sp³-hybridized carbons (Fsp3) is 0.368. The molecule has 7 nitrogen and oxygen atoms in total. The summed E-state index contributed by atoms with van der Waals surface area (Å²) in [6.07, 6.45) is 3.19. The highest BCUT2D eigenvalue weighted by Gasteiger charge is 2.24. The molecule has 2 aliphatic rings. The number of anilines is 1. The third kappa shape index (κ3) is 3.24. The lowest BCUT2D eigenvalue weighted by Crippen LogP contribution is -2.46. The van der Waals surface area contributed by atoms with E-state index in [4.69, 9.17) is 0 Å². The molecular formula is C19H21N5O2. The van der Waals surface area contributed by atoms with Crippen molar-refractivity contribution in [3.63, 3.8) is 0 Å². The summed E-state index contributed by atoms with van der Waals surface area (Å²) in [5, 5.41) is 0. The summed E-state index contributed by atoms with van der Waals surface area (Å²) in [5.74, 6) is 0.681. The molecule has 0 atom stereocenters. The Kier molecular flexibility index (Phi) is 4.51. The molecule has 2 amide bonds. The van der Waals surface area contributed by atoms with Crippen LogP contribution in [-0.2, 0) is 17.8 Å². The zero-order valence-corrected chi connectivity index (χ0v) is 14.5. The van der Waals surface area contributed by atoms with Gasteiger partial charge < -0.3 is 14.7 Å². The topological polar surface area (TPSA) is 69.6 Å². The van der Waals surface area contributed by atoms with Crippen molar-refractivity contribution < 1.29 is 9.59 Å². The molecule has 1 aromatic carbocycles. The molecule has 26 heavy (non-hydrogen) atoms. The van der Waals surface area contributed by atoms with Crippen molar-refractivity contribution >= 4 is 18.1 Å². The zero-order chi connectivity index (χ0) is 17.9. The number of fused-ring (bicyclic) bond motifs is 1. The van der Waals surface area contributed by atoms with E-state index in [9.17, 15) is 9.59 Å². The molecule has 0 aliphatic carbocycles. The van der Waals surface area contributed by atoms with Crippen molar-refractivity contribution in [2.45, 2.75) is 13.0 Å². The minimum atomic E-state index is -0.0605. The van der Waals surface area contributed by atoms with Crippen LogP contribution in [0.3, 0.4) is 0 Å². The van der Waals surface area contributed by atoms with Gasteiger partial charge in [0, 0.05) is 45.3 Å². The van der Waals surface area contributed by atoms with E-state index in [0.29, 0.717) is 45.0 Å². The predicted molar refractivity (Wildman–Crippen MR) is 96.8 cm³/mol. The van der Waals surface area contributed by atoms with E-state index < -0.39 is 0 Å². The van der Waals surface area contributed by atoms with Crippen molar-refractivity contribution in [2.75, 3.05) is 37.6 Å². The van der Waals surface area contributed by atoms with Gasteiger partial charge in [-0.25, -0.2) is 9.97 Å². The number of piperazine rings is 1. The maximum Gasteiger partial charge on any atom is 0.272 e. The van der Waals surface area contributed by atoms with Crippen molar-refractivity contribution in [1.29, 1.82) is 0 Å². The molecule has 0 radical (unpaired) electrons. The van der Waals surface area contributed by atoms with Gasteiger partial charge in [0.15, 0.2) is 0 Å². The van der Waals surface area contributed by atoms with Gasteiger partial charge in [-0.3, -0.25) is 9.59 Å². The van der Waals surface area contributed by atoms with Crippen LogP contribution in [0.2, 0.25) is 0 Å². The highest BCUT2D eigenvalue weighted by Crippen LogP contribution is 2.21. The first kappa shape index (κ1) is 16.5.